The van der Waals surface area contributed by atoms with E-state index in [9.17, 15) is 4.79 Å². The smallest absolute Gasteiger partial charge is 0.325 e. The number of urea groups is 1. The van der Waals surface area contributed by atoms with E-state index in [4.69, 9.17) is 27.9 Å². The van der Waals surface area contributed by atoms with Gasteiger partial charge in [-0.3, -0.25) is 5.32 Å². The third-order valence-electron chi connectivity index (χ3n) is 3.40. The van der Waals surface area contributed by atoms with Crippen LogP contribution in [0.25, 0.3) is 10.6 Å². The lowest BCUT2D eigenvalue weighted by Crippen LogP contribution is -2.19. The maximum atomic E-state index is 12.1. The molecule has 140 valence electrons. The van der Waals surface area contributed by atoms with Gasteiger partial charge in [0.1, 0.15) is 10.8 Å². The minimum Gasteiger partial charge on any atom is -0.494 e. The summed E-state index contributed by atoms with van der Waals surface area (Å²) in [5.74, 6) is 0.810. The van der Waals surface area contributed by atoms with Crippen LogP contribution in [0.15, 0.2) is 42.5 Å². The van der Waals surface area contributed by atoms with Crippen LogP contribution in [-0.2, 0) is 0 Å². The number of halogens is 2. The number of hydrogen-bond acceptors (Lipinski definition) is 5. The lowest BCUT2D eigenvalue weighted by Gasteiger charge is -2.06. The first-order valence-electron chi connectivity index (χ1n) is 8.15. The van der Waals surface area contributed by atoms with Crippen LogP contribution in [0.4, 0.5) is 15.6 Å². The van der Waals surface area contributed by atoms with Crippen LogP contribution in [0.2, 0.25) is 10.0 Å². The van der Waals surface area contributed by atoms with Gasteiger partial charge >= 0.3 is 6.03 Å². The number of carbonyl (C=O) groups excluding carboxylic acids is 1. The van der Waals surface area contributed by atoms with Gasteiger partial charge < -0.3 is 10.1 Å². The monoisotopic (exact) mass is 422 g/mol. The lowest BCUT2D eigenvalue weighted by atomic mass is 10.2. The van der Waals surface area contributed by atoms with E-state index in [-0.39, 0.29) is 0 Å². The highest BCUT2D eigenvalue weighted by molar-refractivity contribution is 7.18. The third kappa shape index (κ3) is 5.32. The largest absolute Gasteiger partial charge is 0.494 e. The molecule has 3 rings (SSSR count). The summed E-state index contributed by atoms with van der Waals surface area (Å²) in [5, 5.41) is 15.3. The van der Waals surface area contributed by atoms with Gasteiger partial charge in [0.05, 0.1) is 16.7 Å². The first-order chi connectivity index (χ1) is 13.0. The van der Waals surface area contributed by atoms with Crippen molar-refractivity contribution in [3.05, 3.63) is 52.5 Å². The standard InChI is InChI=1S/C18H16Cl2N4O2S/c1-2-9-26-13-6-3-11(4-7-13)16-23-24-18(27-16)22-17(25)21-12-5-8-14(19)15(20)10-12/h3-8,10H,2,9H2,1H3,(H2,21,22,24,25). The van der Waals surface area contributed by atoms with Gasteiger partial charge in [0, 0.05) is 11.3 Å². The zero-order chi connectivity index (χ0) is 19.2. The second kappa shape index (κ2) is 9.03. The van der Waals surface area contributed by atoms with Gasteiger partial charge in [-0.25, -0.2) is 4.79 Å². The Morgan fingerprint density at radius 1 is 1.07 bits per heavy atom. The molecule has 0 atom stereocenters. The highest BCUT2D eigenvalue weighted by atomic mass is 35.5. The highest BCUT2D eigenvalue weighted by Crippen LogP contribution is 2.28. The normalized spacial score (nSPS) is 10.5. The molecule has 3 aromatic rings. The SMILES string of the molecule is CCCOc1ccc(-c2nnc(NC(=O)Nc3ccc(Cl)c(Cl)c3)s2)cc1. The third-order valence-corrected chi connectivity index (χ3v) is 5.02. The second-order valence-electron chi connectivity index (χ2n) is 5.49. The molecule has 2 aromatic carbocycles. The number of nitrogens with one attached hydrogen (secondary N) is 2. The number of rotatable bonds is 6. The first kappa shape index (κ1) is 19.4. The average molecular weight is 423 g/mol. The predicted molar refractivity (Wildman–Crippen MR) is 110 cm³/mol. The average Bonchev–Trinajstić information content (AvgIpc) is 3.11. The number of carbonyl (C=O) groups is 1. The molecule has 0 bridgehead atoms. The number of nitrogens with zero attached hydrogens (tertiary/aromatic N) is 2. The van der Waals surface area contributed by atoms with Crippen molar-refractivity contribution in [1.82, 2.24) is 10.2 Å². The van der Waals surface area contributed by atoms with Gasteiger partial charge in [0.15, 0.2) is 0 Å². The molecule has 0 saturated carbocycles. The minimum atomic E-state index is -0.445. The Bertz CT molecular complexity index is 931. The predicted octanol–water partition coefficient (Wildman–Crippen LogP) is 5.94. The molecule has 0 aliphatic rings. The molecule has 1 aromatic heterocycles. The molecule has 0 spiro atoms. The Hall–Kier alpha value is -2.35. The molecule has 0 fully saturated rings. The summed E-state index contributed by atoms with van der Waals surface area (Å²) in [7, 11) is 0. The second-order valence-corrected chi connectivity index (χ2v) is 7.29. The first-order valence-corrected chi connectivity index (χ1v) is 9.72. The van der Waals surface area contributed by atoms with Crippen LogP contribution in [0, 0.1) is 0 Å². The molecule has 0 aliphatic heterocycles. The molecule has 0 saturated heterocycles. The maximum absolute atomic E-state index is 12.1. The van der Waals surface area contributed by atoms with Crippen molar-refractivity contribution < 1.29 is 9.53 Å². The van der Waals surface area contributed by atoms with Gasteiger partial charge in [0.2, 0.25) is 5.13 Å². The molecule has 2 N–H and O–H groups in total. The van der Waals surface area contributed by atoms with Crippen molar-refractivity contribution in [1.29, 1.82) is 0 Å². The number of ether oxygens (including phenoxy) is 1. The van der Waals surface area contributed by atoms with Gasteiger partial charge in [0.25, 0.3) is 0 Å². The van der Waals surface area contributed by atoms with E-state index in [1.165, 1.54) is 11.3 Å². The molecular weight excluding hydrogens is 407 g/mol. The Morgan fingerprint density at radius 3 is 2.56 bits per heavy atom. The van der Waals surface area contributed by atoms with Crippen molar-refractivity contribution in [3.63, 3.8) is 0 Å². The fourth-order valence-electron chi connectivity index (χ4n) is 2.14. The van der Waals surface area contributed by atoms with Crippen molar-refractivity contribution in [2.45, 2.75) is 13.3 Å². The minimum absolute atomic E-state index is 0.360. The number of amides is 2. The topological polar surface area (TPSA) is 76.1 Å². The molecule has 0 aliphatic carbocycles. The molecule has 0 unspecified atom stereocenters. The Kier molecular flexibility index (Phi) is 6.49. The van der Waals surface area contributed by atoms with Crippen molar-refractivity contribution in [2.24, 2.45) is 0 Å². The van der Waals surface area contributed by atoms with Crippen molar-refractivity contribution in [3.8, 4) is 16.3 Å². The Labute approximate surface area is 170 Å². The van der Waals surface area contributed by atoms with Crippen LogP contribution in [0.3, 0.4) is 0 Å². The summed E-state index contributed by atoms with van der Waals surface area (Å²) in [6.45, 7) is 2.74. The number of hydrogen-bond donors (Lipinski definition) is 2. The van der Waals surface area contributed by atoms with Crippen LogP contribution in [0.5, 0.6) is 5.75 Å². The summed E-state index contributed by atoms with van der Waals surface area (Å²) in [5.41, 5.74) is 1.42. The van der Waals surface area contributed by atoms with E-state index >= 15 is 0 Å². The number of anilines is 2. The summed E-state index contributed by atoms with van der Waals surface area (Å²) in [4.78, 5) is 12.1. The molecule has 27 heavy (non-hydrogen) atoms. The zero-order valence-corrected chi connectivity index (χ0v) is 16.7. The summed E-state index contributed by atoms with van der Waals surface area (Å²) in [6, 6.07) is 12.0. The summed E-state index contributed by atoms with van der Waals surface area (Å²) >= 11 is 13.1. The molecule has 9 heteroatoms. The van der Waals surface area contributed by atoms with Gasteiger partial charge in [-0.1, -0.05) is 41.5 Å². The summed E-state index contributed by atoms with van der Waals surface area (Å²) in [6.07, 6.45) is 0.956. The zero-order valence-electron chi connectivity index (χ0n) is 14.3. The van der Waals surface area contributed by atoms with Gasteiger partial charge in [-0.15, -0.1) is 10.2 Å². The molecule has 6 nitrogen and oxygen atoms in total. The summed E-state index contributed by atoms with van der Waals surface area (Å²) < 4.78 is 5.56. The van der Waals surface area contributed by atoms with E-state index in [1.54, 1.807) is 18.2 Å². The molecular formula is C18H16Cl2N4O2S. The van der Waals surface area contributed by atoms with E-state index in [2.05, 4.69) is 27.8 Å². The quantitative estimate of drug-likeness (QED) is 0.514. The van der Waals surface area contributed by atoms with Crippen molar-refractivity contribution in [2.75, 3.05) is 17.2 Å². The van der Waals surface area contributed by atoms with Crippen LogP contribution < -0.4 is 15.4 Å². The fraction of sp³-hybridized carbons (Fsp3) is 0.167. The van der Waals surface area contributed by atoms with E-state index < -0.39 is 6.03 Å². The maximum Gasteiger partial charge on any atom is 0.325 e. The van der Waals surface area contributed by atoms with Gasteiger partial charge in [-0.05, 0) is 48.9 Å². The van der Waals surface area contributed by atoms with E-state index in [1.807, 2.05) is 24.3 Å². The van der Waals surface area contributed by atoms with Crippen LogP contribution in [-0.4, -0.2) is 22.8 Å². The number of aromatic nitrogens is 2. The van der Waals surface area contributed by atoms with Crippen LogP contribution in [0.1, 0.15) is 13.3 Å². The van der Waals surface area contributed by atoms with E-state index in [0.717, 1.165) is 17.7 Å². The van der Waals surface area contributed by atoms with Crippen molar-refractivity contribution >= 4 is 51.4 Å². The van der Waals surface area contributed by atoms with Crippen LogP contribution >= 0.6 is 34.5 Å². The molecule has 1 heterocycles. The Morgan fingerprint density at radius 2 is 1.85 bits per heavy atom. The lowest BCUT2D eigenvalue weighted by molar-refractivity contribution is 0.262. The Balaban J connectivity index is 1.61. The molecule has 0 radical (unpaired) electrons. The van der Waals surface area contributed by atoms with Gasteiger partial charge in [-0.2, -0.15) is 0 Å². The molecule has 2 amide bonds. The number of benzene rings is 2. The highest BCUT2D eigenvalue weighted by Gasteiger charge is 2.11. The van der Waals surface area contributed by atoms with E-state index in [0.29, 0.717) is 32.5 Å². The fourth-order valence-corrected chi connectivity index (χ4v) is 3.18.